The smallest absolute Gasteiger partial charge is 0.404 e. The van der Waals surface area contributed by atoms with E-state index in [4.69, 9.17) is 38.4 Å². The van der Waals surface area contributed by atoms with Gasteiger partial charge in [-0.2, -0.15) is 5.10 Å². The molecule has 3 aromatic rings. The molecule has 10 heteroatoms. The number of nitrogens with two attached hydrogens (primary N) is 1. The molecular formula is C26H30Cl2N4O4. The lowest BCUT2D eigenvalue weighted by Gasteiger charge is -2.33. The van der Waals surface area contributed by atoms with Crippen LogP contribution in [0.5, 0.6) is 0 Å². The van der Waals surface area contributed by atoms with E-state index >= 15 is 0 Å². The van der Waals surface area contributed by atoms with E-state index in [1.165, 1.54) is 11.1 Å². The minimum absolute atomic E-state index is 0.137. The number of ether oxygens (including phenoxy) is 3. The summed E-state index contributed by atoms with van der Waals surface area (Å²) in [6.07, 6.45) is 3.09. The second kappa shape index (κ2) is 12.6. The van der Waals surface area contributed by atoms with Crippen LogP contribution in [0.2, 0.25) is 10.0 Å². The highest BCUT2D eigenvalue weighted by Gasteiger charge is 2.27. The normalized spacial score (nSPS) is 15.6. The molecule has 2 aromatic carbocycles. The van der Waals surface area contributed by atoms with Crippen LogP contribution in [0.25, 0.3) is 11.1 Å². The van der Waals surface area contributed by atoms with Gasteiger partial charge in [-0.15, -0.1) is 0 Å². The molecule has 2 N–H and O–H groups in total. The van der Waals surface area contributed by atoms with Crippen LogP contribution in [-0.4, -0.2) is 67.4 Å². The van der Waals surface area contributed by atoms with Crippen LogP contribution in [0, 0.1) is 0 Å². The van der Waals surface area contributed by atoms with Crippen LogP contribution in [0.3, 0.4) is 0 Å². The van der Waals surface area contributed by atoms with Gasteiger partial charge in [-0.1, -0.05) is 47.5 Å². The lowest BCUT2D eigenvalue weighted by atomic mass is 9.84. The van der Waals surface area contributed by atoms with E-state index in [1.54, 1.807) is 0 Å². The van der Waals surface area contributed by atoms with Crippen LogP contribution in [0.1, 0.15) is 22.6 Å². The van der Waals surface area contributed by atoms with E-state index in [0.717, 1.165) is 34.8 Å². The molecule has 0 spiro atoms. The number of likely N-dealkylation sites (N-methyl/N-ethyl adjacent to an activating group) is 1. The number of primary amides is 1. The van der Waals surface area contributed by atoms with Crippen LogP contribution in [0.15, 0.2) is 48.8 Å². The molecule has 0 bridgehead atoms. The SMILES string of the molecule is CN1Cc2c(Cl)cc(Cl)cc2[C@H](c2cccc(-c3cnn(CCOCCOCCOC(N)=O)c3)c2)C1. The summed E-state index contributed by atoms with van der Waals surface area (Å²) in [7, 11) is 2.11. The largest absolute Gasteiger partial charge is 0.447 e. The second-order valence-electron chi connectivity index (χ2n) is 8.71. The second-order valence-corrected chi connectivity index (χ2v) is 9.56. The molecule has 1 aromatic heterocycles. The number of carbonyl (C=O) groups excluding carboxylic acids is 1. The van der Waals surface area contributed by atoms with Gasteiger partial charge in [0.1, 0.15) is 6.61 Å². The minimum atomic E-state index is -0.804. The fraction of sp³-hybridized carbons (Fsp3) is 0.385. The van der Waals surface area contributed by atoms with Crippen LogP contribution < -0.4 is 5.73 Å². The Kier molecular flexibility index (Phi) is 9.23. The quantitative estimate of drug-likeness (QED) is 0.364. The van der Waals surface area contributed by atoms with Crippen molar-refractivity contribution in [2.24, 2.45) is 5.73 Å². The number of amides is 1. The Morgan fingerprint density at radius 1 is 1.08 bits per heavy atom. The van der Waals surface area contributed by atoms with Crippen LogP contribution in [-0.2, 0) is 27.3 Å². The molecule has 0 aliphatic carbocycles. The molecule has 1 atom stereocenters. The molecule has 8 nitrogen and oxygen atoms in total. The number of benzene rings is 2. The standard InChI is InChI=1S/C26H30Cl2N4O4/c1-31-16-23(22-12-21(27)13-25(28)24(22)17-31)19-4-2-3-18(11-19)20-14-30-32(15-20)5-6-34-7-8-35-9-10-36-26(29)33/h2-4,11-15,23H,5-10,16-17H2,1H3,(H2,29,33)/t23-/m0/s1. The summed E-state index contributed by atoms with van der Waals surface area (Å²) in [5, 5.41) is 5.87. The third-order valence-corrected chi connectivity index (χ3v) is 6.61. The number of hydrogen-bond donors (Lipinski definition) is 1. The predicted molar refractivity (Wildman–Crippen MR) is 139 cm³/mol. The summed E-state index contributed by atoms with van der Waals surface area (Å²) in [6, 6.07) is 12.4. The van der Waals surface area contributed by atoms with Crippen molar-refractivity contribution in [3.63, 3.8) is 0 Å². The zero-order valence-corrected chi connectivity index (χ0v) is 21.7. The highest BCUT2D eigenvalue weighted by molar-refractivity contribution is 6.35. The Morgan fingerprint density at radius 3 is 2.67 bits per heavy atom. The number of carbonyl (C=O) groups is 1. The Labute approximate surface area is 220 Å². The van der Waals surface area contributed by atoms with Crippen molar-refractivity contribution >= 4 is 29.3 Å². The summed E-state index contributed by atoms with van der Waals surface area (Å²) >= 11 is 12.9. The van der Waals surface area contributed by atoms with Gasteiger partial charge in [0.15, 0.2) is 0 Å². The topological polar surface area (TPSA) is 91.8 Å². The summed E-state index contributed by atoms with van der Waals surface area (Å²) in [4.78, 5) is 12.8. The molecule has 0 unspecified atom stereocenters. The molecule has 1 aliphatic heterocycles. The molecule has 2 heterocycles. The zero-order chi connectivity index (χ0) is 25.5. The Hall–Kier alpha value is -2.62. The van der Waals surface area contributed by atoms with E-state index < -0.39 is 6.09 Å². The molecule has 4 rings (SSSR count). The van der Waals surface area contributed by atoms with Gasteiger partial charge < -0.3 is 24.8 Å². The lowest BCUT2D eigenvalue weighted by molar-refractivity contribution is 0.0268. The summed E-state index contributed by atoms with van der Waals surface area (Å²) in [6.45, 7) is 4.12. The number of nitrogens with zero attached hydrogens (tertiary/aromatic N) is 3. The highest BCUT2D eigenvalue weighted by atomic mass is 35.5. The van der Waals surface area contributed by atoms with E-state index in [2.05, 4.69) is 46.0 Å². The van der Waals surface area contributed by atoms with Gasteiger partial charge in [-0.05, 0) is 41.4 Å². The van der Waals surface area contributed by atoms with Crippen LogP contribution in [0.4, 0.5) is 4.79 Å². The summed E-state index contributed by atoms with van der Waals surface area (Å²) < 4.78 is 17.4. The first-order chi connectivity index (χ1) is 17.4. The predicted octanol–water partition coefficient (Wildman–Crippen LogP) is 4.56. The number of fused-ring (bicyclic) bond motifs is 1. The average molecular weight is 533 g/mol. The van der Waals surface area contributed by atoms with Crippen molar-refractivity contribution in [2.45, 2.75) is 19.0 Å². The van der Waals surface area contributed by atoms with Crippen molar-refractivity contribution in [1.29, 1.82) is 0 Å². The maximum absolute atomic E-state index is 10.5. The maximum Gasteiger partial charge on any atom is 0.404 e. The van der Waals surface area contributed by atoms with Crippen LogP contribution >= 0.6 is 23.2 Å². The average Bonchev–Trinajstić information content (AvgIpc) is 3.32. The first-order valence-corrected chi connectivity index (χ1v) is 12.5. The fourth-order valence-corrected chi connectivity index (χ4v) is 4.95. The van der Waals surface area contributed by atoms with E-state index in [1.807, 2.05) is 29.2 Å². The Balaban J connectivity index is 1.34. The zero-order valence-electron chi connectivity index (χ0n) is 20.2. The van der Waals surface area contributed by atoms with Gasteiger partial charge in [0, 0.05) is 40.8 Å². The monoisotopic (exact) mass is 532 g/mol. The van der Waals surface area contributed by atoms with E-state index in [-0.39, 0.29) is 19.1 Å². The third-order valence-electron chi connectivity index (χ3n) is 6.06. The minimum Gasteiger partial charge on any atom is -0.447 e. The number of halogens is 2. The van der Waals surface area contributed by atoms with Crippen molar-refractivity contribution in [2.75, 3.05) is 46.6 Å². The Morgan fingerprint density at radius 2 is 1.86 bits per heavy atom. The van der Waals surface area contributed by atoms with Crippen molar-refractivity contribution in [1.82, 2.24) is 14.7 Å². The number of rotatable bonds is 11. The lowest BCUT2D eigenvalue weighted by Crippen LogP contribution is -2.31. The molecule has 192 valence electrons. The van der Waals surface area contributed by atoms with Crippen molar-refractivity contribution in [3.05, 3.63) is 75.5 Å². The van der Waals surface area contributed by atoms with Gasteiger partial charge in [-0.25, -0.2) is 4.79 Å². The van der Waals surface area contributed by atoms with E-state index in [0.29, 0.717) is 31.4 Å². The molecule has 1 aliphatic rings. The van der Waals surface area contributed by atoms with Gasteiger partial charge in [0.2, 0.25) is 0 Å². The van der Waals surface area contributed by atoms with Crippen molar-refractivity contribution < 1.29 is 19.0 Å². The molecule has 36 heavy (non-hydrogen) atoms. The van der Waals surface area contributed by atoms with Gasteiger partial charge in [0.05, 0.1) is 39.2 Å². The first-order valence-electron chi connectivity index (χ1n) is 11.8. The fourth-order valence-electron chi connectivity index (χ4n) is 4.38. The number of hydrogen-bond acceptors (Lipinski definition) is 6. The van der Waals surface area contributed by atoms with E-state index in [9.17, 15) is 4.79 Å². The maximum atomic E-state index is 10.5. The van der Waals surface area contributed by atoms with Gasteiger partial charge in [-0.3, -0.25) is 4.68 Å². The molecule has 1 amide bonds. The summed E-state index contributed by atoms with van der Waals surface area (Å²) in [5.41, 5.74) is 10.6. The van der Waals surface area contributed by atoms with Crippen molar-refractivity contribution in [3.8, 4) is 11.1 Å². The van der Waals surface area contributed by atoms with Gasteiger partial charge >= 0.3 is 6.09 Å². The highest BCUT2D eigenvalue weighted by Crippen LogP contribution is 2.39. The Bertz CT molecular complexity index is 1190. The molecule has 0 radical (unpaired) electrons. The number of aromatic nitrogens is 2. The molecule has 0 fully saturated rings. The first kappa shape index (κ1) is 26.4. The molecule has 0 saturated heterocycles. The molecule has 0 saturated carbocycles. The molecular weight excluding hydrogens is 503 g/mol. The van der Waals surface area contributed by atoms with Gasteiger partial charge in [0.25, 0.3) is 0 Å². The third kappa shape index (κ3) is 6.99. The summed E-state index contributed by atoms with van der Waals surface area (Å²) in [5.74, 6) is 0.183.